The summed E-state index contributed by atoms with van der Waals surface area (Å²) >= 11 is 0. The Bertz CT molecular complexity index is 1050. The third kappa shape index (κ3) is 15.1. The molecule has 0 fully saturated rings. The van der Waals surface area contributed by atoms with Crippen LogP contribution in [0.1, 0.15) is 129 Å². The summed E-state index contributed by atoms with van der Waals surface area (Å²) in [5.74, 6) is 0. The standard InChI is InChI=1S/C34H57NO5S.Li/c1-3-5-7-9-11-13-15-17-21-29(36)27-35(28-30(37)22-18-16-14-12-10-8-6-4-2)33-25-19-24-32-31(33)23-20-26-34(32)41(38,39)40;/h19-20,23-26,29-30,36-37H,3-18,21-22,27-28H2,1-2H3,(H,38,39,40);/q;+1/p-1. The van der Waals surface area contributed by atoms with Crippen LogP contribution in [0, 0.1) is 0 Å². The fourth-order valence-electron chi connectivity index (χ4n) is 5.75. The first-order valence-electron chi connectivity index (χ1n) is 16.4. The average Bonchev–Trinajstić information content (AvgIpc) is 2.94. The van der Waals surface area contributed by atoms with Crippen LogP contribution in [0.15, 0.2) is 41.3 Å². The van der Waals surface area contributed by atoms with Crippen molar-refractivity contribution in [2.24, 2.45) is 0 Å². The molecule has 0 aliphatic heterocycles. The Balaban J connectivity index is 0.00000882. The average molecular weight is 598 g/mol. The molecule has 2 aromatic rings. The maximum absolute atomic E-state index is 11.9. The van der Waals surface area contributed by atoms with E-state index in [0.717, 1.165) is 31.4 Å². The molecule has 2 N–H and O–H groups in total. The largest absolute Gasteiger partial charge is 1.00 e. The Morgan fingerprint density at radius 3 is 1.50 bits per heavy atom. The number of rotatable bonds is 24. The van der Waals surface area contributed by atoms with Gasteiger partial charge < -0.3 is 19.7 Å². The van der Waals surface area contributed by atoms with Crippen LogP contribution in [0.2, 0.25) is 0 Å². The van der Waals surface area contributed by atoms with E-state index in [1.54, 1.807) is 18.2 Å². The summed E-state index contributed by atoms with van der Waals surface area (Å²) in [5.41, 5.74) is 0.734. The molecule has 0 radical (unpaired) electrons. The Hall–Kier alpha value is -1.07. The Kier molecular flexibility index (Phi) is 20.8. The normalized spacial score (nSPS) is 13.2. The first-order valence-corrected chi connectivity index (χ1v) is 17.8. The zero-order chi connectivity index (χ0) is 29.9. The van der Waals surface area contributed by atoms with Gasteiger partial charge in [0.05, 0.1) is 17.1 Å². The predicted molar refractivity (Wildman–Crippen MR) is 171 cm³/mol. The number of hydrogen-bond acceptors (Lipinski definition) is 6. The summed E-state index contributed by atoms with van der Waals surface area (Å²) < 4.78 is 35.8. The molecule has 0 aromatic heterocycles. The molecule has 234 valence electrons. The van der Waals surface area contributed by atoms with Crippen LogP contribution in [0.5, 0.6) is 0 Å². The minimum atomic E-state index is -4.64. The van der Waals surface area contributed by atoms with Crippen molar-refractivity contribution in [3.63, 3.8) is 0 Å². The van der Waals surface area contributed by atoms with Crippen molar-refractivity contribution in [2.75, 3.05) is 18.0 Å². The molecule has 42 heavy (non-hydrogen) atoms. The molecular weight excluding hydrogens is 541 g/mol. The van der Waals surface area contributed by atoms with E-state index in [-0.39, 0.29) is 23.8 Å². The molecular formula is C34H56LiNO5S. The topological polar surface area (TPSA) is 101 Å². The van der Waals surface area contributed by atoms with Crippen molar-refractivity contribution in [1.29, 1.82) is 0 Å². The quantitative estimate of drug-likeness (QED) is 0.0963. The number of fused-ring (bicyclic) bond motifs is 1. The van der Waals surface area contributed by atoms with Crippen molar-refractivity contribution in [3.05, 3.63) is 36.4 Å². The second-order valence-electron chi connectivity index (χ2n) is 11.8. The Morgan fingerprint density at radius 2 is 1.05 bits per heavy atom. The van der Waals surface area contributed by atoms with Crippen molar-refractivity contribution in [3.8, 4) is 0 Å². The summed E-state index contributed by atoms with van der Waals surface area (Å²) in [7, 11) is -4.64. The van der Waals surface area contributed by atoms with Crippen LogP contribution in [0.3, 0.4) is 0 Å². The van der Waals surface area contributed by atoms with Gasteiger partial charge in [0.15, 0.2) is 0 Å². The smallest absolute Gasteiger partial charge is 0.744 e. The van der Waals surface area contributed by atoms with Gasteiger partial charge in [0, 0.05) is 29.5 Å². The molecule has 2 atom stereocenters. The van der Waals surface area contributed by atoms with E-state index >= 15 is 0 Å². The van der Waals surface area contributed by atoms with Crippen LogP contribution in [-0.4, -0.2) is 48.5 Å². The van der Waals surface area contributed by atoms with Crippen LogP contribution >= 0.6 is 0 Å². The third-order valence-corrected chi connectivity index (χ3v) is 9.01. The molecule has 0 saturated heterocycles. The van der Waals surface area contributed by atoms with Gasteiger partial charge in [0.1, 0.15) is 10.1 Å². The van der Waals surface area contributed by atoms with Gasteiger partial charge in [-0.1, -0.05) is 141 Å². The van der Waals surface area contributed by atoms with Gasteiger partial charge >= 0.3 is 18.9 Å². The second-order valence-corrected chi connectivity index (χ2v) is 13.2. The Labute approximate surface area is 268 Å². The monoisotopic (exact) mass is 597 g/mol. The molecule has 8 heteroatoms. The number of aliphatic hydroxyl groups excluding tert-OH is 2. The number of hydrogen-bond donors (Lipinski definition) is 2. The van der Waals surface area contributed by atoms with Crippen molar-refractivity contribution < 1.29 is 42.0 Å². The molecule has 0 heterocycles. The minimum absolute atomic E-state index is 0. The summed E-state index contributed by atoms with van der Waals surface area (Å²) in [6.07, 6.45) is 19.5. The Morgan fingerprint density at radius 1 is 0.643 bits per heavy atom. The molecule has 2 rings (SSSR count). The van der Waals surface area contributed by atoms with Gasteiger partial charge in [-0.15, -0.1) is 0 Å². The van der Waals surface area contributed by atoms with Crippen LogP contribution in [-0.2, 0) is 10.1 Å². The van der Waals surface area contributed by atoms with Crippen LogP contribution in [0.25, 0.3) is 10.8 Å². The van der Waals surface area contributed by atoms with E-state index in [1.807, 2.05) is 17.0 Å². The maximum Gasteiger partial charge on any atom is 1.00 e. The number of aliphatic hydroxyl groups is 2. The SMILES string of the molecule is CCCCCCCCCCC(O)CN(CC(O)CCCCCCCCCC)c1cccc2c(S(=O)(=O)[O-])cccc12.[Li+]. The van der Waals surface area contributed by atoms with E-state index in [4.69, 9.17) is 0 Å². The zero-order valence-electron chi connectivity index (χ0n) is 26.7. The first-order chi connectivity index (χ1) is 19.8. The number of unbranched alkanes of at least 4 members (excludes halogenated alkanes) is 14. The van der Waals surface area contributed by atoms with Gasteiger partial charge in [-0.2, -0.15) is 0 Å². The maximum atomic E-state index is 11.9. The minimum Gasteiger partial charge on any atom is -0.744 e. The third-order valence-electron chi connectivity index (χ3n) is 8.11. The molecule has 0 saturated carbocycles. The first kappa shape index (κ1) is 39.0. The van der Waals surface area contributed by atoms with Crippen molar-refractivity contribution >= 4 is 26.6 Å². The number of benzene rings is 2. The molecule has 0 amide bonds. The van der Waals surface area contributed by atoms with Gasteiger partial charge in [-0.05, 0) is 25.0 Å². The predicted octanol–water partition coefficient (Wildman–Crippen LogP) is 5.34. The molecule has 2 aromatic carbocycles. The molecule has 0 spiro atoms. The van der Waals surface area contributed by atoms with E-state index in [9.17, 15) is 23.2 Å². The van der Waals surface area contributed by atoms with E-state index in [1.165, 1.54) is 83.1 Å². The number of anilines is 1. The van der Waals surface area contributed by atoms with Gasteiger partial charge in [0.25, 0.3) is 0 Å². The van der Waals surface area contributed by atoms with E-state index in [0.29, 0.717) is 36.7 Å². The molecule has 2 unspecified atom stereocenters. The van der Waals surface area contributed by atoms with E-state index in [2.05, 4.69) is 13.8 Å². The van der Waals surface area contributed by atoms with Crippen molar-refractivity contribution in [1.82, 2.24) is 0 Å². The summed E-state index contributed by atoms with van der Waals surface area (Å²) in [6.45, 7) is 5.14. The molecule has 0 aliphatic carbocycles. The summed E-state index contributed by atoms with van der Waals surface area (Å²) in [4.78, 5) is 1.74. The van der Waals surface area contributed by atoms with Gasteiger partial charge in [-0.3, -0.25) is 0 Å². The van der Waals surface area contributed by atoms with Gasteiger partial charge in [-0.25, -0.2) is 8.42 Å². The molecule has 0 aliphatic rings. The number of nitrogens with zero attached hydrogens (tertiary/aromatic N) is 1. The fourth-order valence-corrected chi connectivity index (χ4v) is 6.44. The second kappa shape index (κ2) is 22.4. The van der Waals surface area contributed by atoms with Crippen LogP contribution < -0.4 is 23.8 Å². The van der Waals surface area contributed by atoms with Crippen LogP contribution in [0.4, 0.5) is 5.69 Å². The molecule has 0 bridgehead atoms. The zero-order valence-corrected chi connectivity index (χ0v) is 27.6. The van der Waals surface area contributed by atoms with E-state index < -0.39 is 22.3 Å². The van der Waals surface area contributed by atoms with Crippen molar-refractivity contribution in [2.45, 2.75) is 147 Å². The summed E-state index contributed by atoms with van der Waals surface area (Å²) in [5, 5.41) is 23.0. The van der Waals surface area contributed by atoms with Gasteiger partial charge in [0.2, 0.25) is 0 Å². The summed E-state index contributed by atoms with van der Waals surface area (Å²) in [6, 6.07) is 10.0. The fraction of sp³-hybridized carbons (Fsp3) is 0.706. The molecule has 6 nitrogen and oxygen atoms in total.